The van der Waals surface area contributed by atoms with Crippen molar-refractivity contribution in [2.75, 3.05) is 0 Å². The van der Waals surface area contributed by atoms with Crippen LogP contribution in [-0.4, -0.2) is 32.1 Å². The first kappa shape index (κ1) is 23.8. The third-order valence-corrected chi connectivity index (χ3v) is 3.22. The van der Waals surface area contributed by atoms with Gasteiger partial charge < -0.3 is 10.2 Å². The molecule has 0 bridgehead atoms. The number of aromatic carboxylic acids is 2. The average Bonchev–Trinajstić information content (AvgIpc) is 2.59. The van der Waals surface area contributed by atoms with E-state index in [0.29, 0.717) is 12.1 Å². The molecule has 7 nitrogen and oxygen atoms in total. The highest BCUT2D eigenvalue weighted by atomic mass is 79.9. The molecule has 2 rings (SSSR count). The number of carbonyl (C=O) groups is 2. The van der Waals surface area contributed by atoms with Gasteiger partial charge in [0.25, 0.3) is 0 Å². The molecular weight excluding hydrogens is 480 g/mol. The molecule has 0 spiro atoms. The maximum Gasteiger partial charge on any atom is 0.433 e. The largest absolute Gasteiger partial charge is 0.477 e. The summed E-state index contributed by atoms with van der Waals surface area (Å²) in [4.78, 5) is 26.6. The fraction of sp³-hybridized carbons (Fsp3) is 0.133. The topological polar surface area (TPSA) is 124 Å². The molecule has 0 radical (unpaired) electrons. The third kappa shape index (κ3) is 7.03. The molecule has 0 amide bonds. The molecule has 0 saturated heterocycles. The number of carboxylic acid groups (broad SMARTS) is 2. The predicted molar refractivity (Wildman–Crippen MR) is 84.8 cm³/mol. The lowest BCUT2D eigenvalue weighted by Crippen LogP contribution is -2.12. The van der Waals surface area contributed by atoms with Crippen molar-refractivity contribution < 1.29 is 46.1 Å². The van der Waals surface area contributed by atoms with Gasteiger partial charge in [-0.05, 0) is 24.3 Å². The van der Waals surface area contributed by atoms with Crippen molar-refractivity contribution >= 4 is 27.9 Å². The number of rotatable bonds is 2. The van der Waals surface area contributed by atoms with E-state index in [-0.39, 0.29) is 4.47 Å². The van der Waals surface area contributed by atoms with Crippen molar-refractivity contribution in [3.05, 3.63) is 57.1 Å². The molecule has 29 heavy (non-hydrogen) atoms. The number of carboxylic acids is 2. The monoisotopic (exact) mass is 485 g/mol. The van der Waals surface area contributed by atoms with Gasteiger partial charge in [0.15, 0.2) is 0 Å². The van der Waals surface area contributed by atoms with E-state index < -0.39 is 52.6 Å². The Morgan fingerprint density at radius 3 is 1.66 bits per heavy atom. The van der Waals surface area contributed by atoms with E-state index in [9.17, 15) is 35.9 Å². The van der Waals surface area contributed by atoms with Crippen molar-refractivity contribution in [3.63, 3.8) is 0 Å². The summed E-state index contributed by atoms with van der Waals surface area (Å²) in [6.45, 7) is 0. The number of pyridine rings is 2. The molecule has 0 aliphatic rings. The van der Waals surface area contributed by atoms with E-state index in [1.165, 1.54) is 6.07 Å². The number of hydrogen-bond donors (Lipinski definition) is 2. The summed E-state index contributed by atoms with van der Waals surface area (Å²) < 4.78 is 73.0. The van der Waals surface area contributed by atoms with Crippen LogP contribution in [-0.2, 0) is 12.4 Å². The van der Waals surface area contributed by atoms with Gasteiger partial charge in [0, 0.05) is 4.47 Å². The normalized spacial score (nSPS) is 11.1. The van der Waals surface area contributed by atoms with Crippen LogP contribution in [0.5, 0.6) is 0 Å². The van der Waals surface area contributed by atoms with Gasteiger partial charge in [-0.15, -0.1) is 0 Å². The van der Waals surface area contributed by atoms with E-state index in [4.69, 9.17) is 15.5 Å². The van der Waals surface area contributed by atoms with Gasteiger partial charge in [-0.2, -0.15) is 31.6 Å². The molecule has 0 unspecified atom stereocenters. The van der Waals surface area contributed by atoms with Crippen LogP contribution in [0.1, 0.15) is 37.9 Å². The van der Waals surface area contributed by atoms with E-state index in [1.54, 1.807) is 0 Å². The van der Waals surface area contributed by atoms with Crippen LogP contribution in [0.25, 0.3) is 0 Å². The molecule has 0 saturated carbocycles. The minimum atomic E-state index is -4.77. The first-order chi connectivity index (χ1) is 13.1. The Morgan fingerprint density at radius 2 is 1.28 bits per heavy atom. The highest BCUT2D eigenvalue weighted by Crippen LogP contribution is 2.30. The van der Waals surface area contributed by atoms with E-state index in [2.05, 4.69) is 25.9 Å². The second-order valence-electron chi connectivity index (χ2n) is 4.90. The number of aromatic nitrogens is 2. The predicted octanol–water partition coefficient (Wildman–Crippen LogP) is 4.23. The molecule has 0 fully saturated rings. The van der Waals surface area contributed by atoms with Gasteiger partial charge in [-0.3, -0.25) is 0 Å². The van der Waals surface area contributed by atoms with Gasteiger partial charge in [0.05, 0.1) is 11.6 Å². The van der Waals surface area contributed by atoms with Crippen LogP contribution in [0.15, 0.2) is 28.7 Å². The zero-order chi connectivity index (χ0) is 22.6. The Labute approximate surface area is 165 Å². The second kappa shape index (κ2) is 8.86. The standard InChI is InChI=1S/C8H3F3N2O2.C7H3BrF3NO2/c9-8(10,11)6-2-4(3-12)1-5(13-6)7(14)15;8-3-1-4(6(13)14)12-5(2-3)7(9,10)11/h1-2H,(H,14,15);1-2H,(H,13,14). The fourth-order valence-corrected chi connectivity index (χ4v) is 2.04. The van der Waals surface area contributed by atoms with Crippen LogP contribution in [0, 0.1) is 11.3 Å². The van der Waals surface area contributed by atoms with Crippen molar-refractivity contribution in [1.82, 2.24) is 9.97 Å². The molecule has 0 aromatic carbocycles. The van der Waals surface area contributed by atoms with Gasteiger partial charge in [-0.1, -0.05) is 15.9 Å². The van der Waals surface area contributed by atoms with E-state index >= 15 is 0 Å². The number of halogens is 7. The maximum atomic E-state index is 12.2. The summed E-state index contributed by atoms with van der Waals surface area (Å²) in [6, 6.07) is 4.41. The SMILES string of the molecule is N#Cc1cc(C(=O)O)nc(C(F)(F)F)c1.O=C(O)c1cc(Br)cc(C(F)(F)F)n1. The lowest BCUT2D eigenvalue weighted by Gasteiger charge is -2.06. The minimum absolute atomic E-state index is 0.0252. The van der Waals surface area contributed by atoms with Gasteiger partial charge in [0.2, 0.25) is 0 Å². The Balaban J connectivity index is 0.000000291. The number of nitrogens with zero attached hydrogens (tertiary/aromatic N) is 3. The van der Waals surface area contributed by atoms with E-state index in [1.807, 2.05) is 0 Å². The van der Waals surface area contributed by atoms with Crippen LogP contribution >= 0.6 is 15.9 Å². The summed E-state index contributed by atoms with van der Waals surface area (Å²) in [7, 11) is 0. The third-order valence-electron chi connectivity index (χ3n) is 2.76. The average molecular weight is 486 g/mol. The lowest BCUT2D eigenvalue weighted by molar-refractivity contribution is -0.142. The lowest BCUT2D eigenvalue weighted by atomic mass is 10.2. The summed E-state index contributed by atoms with van der Waals surface area (Å²) in [5, 5.41) is 25.3. The highest BCUT2D eigenvalue weighted by Gasteiger charge is 2.34. The van der Waals surface area contributed by atoms with Crippen molar-refractivity contribution in [1.29, 1.82) is 5.26 Å². The molecule has 154 valence electrons. The van der Waals surface area contributed by atoms with Crippen LogP contribution in [0.2, 0.25) is 0 Å². The molecule has 2 aromatic rings. The van der Waals surface area contributed by atoms with Crippen molar-refractivity contribution in [2.45, 2.75) is 12.4 Å². The maximum absolute atomic E-state index is 12.2. The molecule has 0 aliphatic carbocycles. The van der Waals surface area contributed by atoms with Gasteiger partial charge in [0.1, 0.15) is 22.8 Å². The Bertz CT molecular complexity index is 985. The smallest absolute Gasteiger partial charge is 0.433 e. The fourth-order valence-electron chi connectivity index (χ4n) is 1.60. The Kier molecular flexibility index (Phi) is 7.28. The minimum Gasteiger partial charge on any atom is -0.477 e. The zero-order valence-corrected chi connectivity index (χ0v) is 15.1. The molecule has 2 heterocycles. The van der Waals surface area contributed by atoms with Gasteiger partial charge in [-0.25, -0.2) is 19.6 Å². The molecule has 14 heteroatoms. The van der Waals surface area contributed by atoms with Crippen molar-refractivity contribution in [3.8, 4) is 6.07 Å². The zero-order valence-electron chi connectivity index (χ0n) is 13.5. The summed E-state index contributed by atoms with van der Waals surface area (Å²) in [6.07, 6.45) is -9.41. The second-order valence-corrected chi connectivity index (χ2v) is 5.82. The number of alkyl halides is 6. The molecular formula is C15H6BrF6N3O4. The van der Waals surface area contributed by atoms with Crippen LogP contribution in [0.4, 0.5) is 26.3 Å². The molecule has 0 aliphatic heterocycles. The summed E-state index contributed by atoms with van der Waals surface area (Å²) in [5.41, 5.74) is -4.47. The summed E-state index contributed by atoms with van der Waals surface area (Å²) in [5.74, 6) is -3.12. The van der Waals surface area contributed by atoms with Crippen LogP contribution < -0.4 is 0 Å². The number of hydrogen-bond acceptors (Lipinski definition) is 5. The quantitative estimate of drug-likeness (QED) is 0.609. The number of nitriles is 1. The Morgan fingerprint density at radius 1 is 0.862 bits per heavy atom. The van der Waals surface area contributed by atoms with Gasteiger partial charge >= 0.3 is 24.3 Å². The van der Waals surface area contributed by atoms with Crippen LogP contribution in [0.3, 0.4) is 0 Å². The molecule has 2 aromatic heterocycles. The molecule has 2 N–H and O–H groups in total. The first-order valence-corrected chi connectivity index (χ1v) is 7.65. The summed E-state index contributed by atoms with van der Waals surface area (Å²) >= 11 is 2.77. The van der Waals surface area contributed by atoms with Crippen molar-refractivity contribution in [2.24, 2.45) is 0 Å². The Hall–Kier alpha value is -3.21. The first-order valence-electron chi connectivity index (χ1n) is 6.86. The highest BCUT2D eigenvalue weighted by molar-refractivity contribution is 9.10. The van der Waals surface area contributed by atoms with E-state index in [0.717, 1.165) is 12.1 Å². The molecule has 0 atom stereocenters.